The van der Waals surface area contributed by atoms with Crippen LogP contribution in [0.2, 0.25) is 0 Å². The van der Waals surface area contributed by atoms with Crippen LogP contribution in [0.25, 0.3) is 0 Å². The molecule has 3 nitrogen and oxygen atoms in total. The van der Waals surface area contributed by atoms with Crippen molar-refractivity contribution in [3.05, 3.63) is 6.42 Å². The van der Waals surface area contributed by atoms with E-state index in [1.807, 2.05) is 11.9 Å². The average molecular weight is 258 g/mol. The molecule has 0 N–H and O–H groups in total. The van der Waals surface area contributed by atoms with Crippen LogP contribution in [-0.4, -0.2) is 48.9 Å². The molecule has 0 aliphatic carbocycles. The Morgan fingerprint density at radius 3 is 2.62 bits per heavy atom. The first-order chi connectivity index (χ1) is 5.65. The molecule has 1 radical (unpaired) electrons. The molecule has 0 bridgehead atoms. The van der Waals surface area contributed by atoms with Gasteiger partial charge in [-0.3, -0.25) is 0 Å². The van der Waals surface area contributed by atoms with Gasteiger partial charge in [-0.15, -0.1) is 0 Å². The summed E-state index contributed by atoms with van der Waals surface area (Å²) in [5.74, 6) is 0.135. The van der Waals surface area contributed by atoms with E-state index in [1.54, 1.807) is 13.3 Å². The summed E-state index contributed by atoms with van der Waals surface area (Å²) in [6.07, 6.45) is 2.73. The Balaban J connectivity index is 0.00000144. The fourth-order valence-corrected chi connectivity index (χ4v) is 1.61. The van der Waals surface area contributed by atoms with Crippen molar-refractivity contribution in [3.63, 3.8) is 0 Å². The third-order valence-electron chi connectivity index (χ3n) is 2.51. The molecule has 13 heavy (non-hydrogen) atoms. The van der Waals surface area contributed by atoms with Crippen molar-refractivity contribution < 1.29 is 37.5 Å². The minimum absolute atomic E-state index is 0. The van der Waals surface area contributed by atoms with Crippen molar-refractivity contribution in [3.8, 4) is 0 Å². The maximum absolute atomic E-state index is 11.3. The van der Waals surface area contributed by atoms with Crippen LogP contribution in [0.4, 0.5) is 0 Å². The van der Waals surface area contributed by atoms with E-state index in [0.29, 0.717) is 6.04 Å². The van der Waals surface area contributed by atoms with Gasteiger partial charge in [0.25, 0.3) is 0 Å². The standard InChI is InChI=1S/C9H17N2O.Y/c1-4-9(12)11(3)8-5-6-10(2)7-8;/h4,8H,5-7H2,1-3H3;/q-1;. The van der Waals surface area contributed by atoms with Crippen LogP contribution in [0.3, 0.4) is 0 Å². The van der Waals surface area contributed by atoms with E-state index < -0.39 is 0 Å². The third-order valence-corrected chi connectivity index (χ3v) is 2.51. The van der Waals surface area contributed by atoms with Gasteiger partial charge in [0.15, 0.2) is 0 Å². The van der Waals surface area contributed by atoms with E-state index in [4.69, 9.17) is 0 Å². The molecule has 0 aromatic heterocycles. The average Bonchev–Trinajstić information content (AvgIpc) is 2.49. The van der Waals surface area contributed by atoms with Gasteiger partial charge in [-0.2, -0.15) is 6.92 Å². The van der Waals surface area contributed by atoms with Crippen LogP contribution < -0.4 is 0 Å². The number of rotatable bonds is 2. The predicted octanol–water partition coefficient (Wildman–Crippen LogP) is 0.371. The van der Waals surface area contributed by atoms with Crippen molar-refractivity contribution >= 4 is 5.91 Å². The van der Waals surface area contributed by atoms with Gasteiger partial charge in [0.2, 0.25) is 0 Å². The van der Waals surface area contributed by atoms with Gasteiger partial charge < -0.3 is 21.0 Å². The first kappa shape index (κ1) is 13.4. The number of hydrogen-bond acceptors (Lipinski definition) is 2. The molecule has 1 heterocycles. The van der Waals surface area contributed by atoms with E-state index in [0.717, 1.165) is 19.5 Å². The van der Waals surface area contributed by atoms with Crippen LogP contribution in [0.5, 0.6) is 0 Å². The normalized spacial score (nSPS) is 22.2. The maximum atomic E-state index is 11.3. The van der Waals surface area contributed by atoms with E-state index in [1.165, 1.54) is 0 Å². The van der Waals surface area contributed by atoms with Crippen molar-refractivity contribution in [1.29, 1.82) is 0 Å². The summed E-state index contributed by atoms with van der Waals surface area (Å²) in [7, 11) is 3.97. The van der Waals surface area contributed by atoms with Crippen molar-refractivity contribution in [2.75, 3.05) is 27.2 Å². The topological polar surface area (TPSA) is 23.6 Å². The van der Waals surface area contributed by atoms with Gasteiger partial charge in [0.1, 0.15) is 0 Å². The second-order valence-corrected chi connectivity index (χ2v) is 3.44. The van der Waals surface area contributed by atoms with E-state index in [2.05, 4.69) is 11.9 Å². The van der Waals surface area contributed by atoms with Crippen LogP contribution in [0, 0.1) is 6.42 Å². The Kier molecular flexibility index (Phi) is 6.18. The summed E-state index contributed by atoms with van der Waals surface area (Å²) < 4.78 is 0. The van der Waals surface area contributed by atoms with E-state index in [-0.39, 0.29) is 38.6 Å². The summed E-state index contributed by atoms with van der Waals surface area (Å²) >= 11 is 0. The van der Waals surface area contributed by atoms with Gasteiger partial charge >= 0.3 is 0 Å². The fraction of sp³-hybridized carbons (Fsp3) is 0.778. The molecule has 0 aromatic rings. The second-order valence-electron chi connectivity index (χ2n) is 3.44. The molecule has 1 aliphatic rings. The molecule has 1 unspecified atom stereocenters. The molecule has 4 heteroatoms. The second kappa shape index (κ2) is 5.99. The van der Waals surface area contributed by atoms with Crippen molar-refractivity contribution in [1.82, 2.24) is 9.80 Å². The van der Waals surface area contributed by atoms with E-state index >= 15 is 0 Å². The molecule has 0 spiro atoms. The largest absolute Gasteiger partial charge is 0.366 e. The molecule has 0 saturated carbocycles. The van der Waals surface area contributed by atoms with E-state index in [9.17, 15) is 4.79 Å². The Morgan fingerprint density at radius 2 is 2.23 bits per heavy atom. The summed E-state index contributed by atoms with van der Waals surface area (Å²) in [5.41, 5.74) is 0. The molecular formula is C9H17N2OY-. The molecule has 73 valence electrons. The molecular weight excluding hydrogens is 241 g/mol. The SMILES string of the molecule is C[CH-]C(=O)N(C)C1CCN(C)C1.[Y]. The van der Waals surface area contributed by atoms with Crippen LogP contribution >= 0.6 is 0 Å². The summed E-state index contributed by atoms with van der Waals surface area (Å²) in [5, 5.41) is 0. The number of likely N-dealkylation sites (N-methyl/N-ethyl adjacent to an activating group) is 2. The van der Waals surface area contributed by atoms with Crippen molar-refractivity contribution in [2.24, 2.45) is 0 Å². The zero-order valence-electron chi connectivity index (χ0n) is 8.66. The number of carbonyl (C=O) groups excluding carboxylic acids is 1. The van der Waals surface area contributed by atoms with Gasteiger partial charge in [-0.1, -0.05) is 0 Å². The minimum Gasteiger partial charge on any atom is -0.366 e. The zero-order chi connectivity index (χ0) is 9.14. The maximum Gasteiger partial charge on any atom is 0.0848 e. The molecule has 1 rings (SSSR count). The number of amides is 1. The number of likely N-dealkylation sites (tertiary alicyclic amines) is 1. The van der Waals surface area contributed by atoms with Crippen molar-refractivity contribution in [2.45, 2.75) is 19.4 Å². The number of hydrogen-bond donors (Lipinski definition) is 0. The summed E-state index contributed by atoms with van der Waals surface area (Å²) in [6.45, 7) is 3.90. The minimum atomic E-state index is 0. The Morgan fingerprint density at radius 1 is 1.62 bits per heavy atom. The molecule has 1 aliphatic heterocycles. The quantitative estimate of drug-likeness (QED) is 0.668. The molecule has 1 saturated heterocycles. The van der Waals surface area contributed by atoms with Crippen LogP contribution in [-0.2, 0) is 37.5 Å². The fourth-order valence-electron chi connectivity index (χ4n) is 1.61. The molecule has 1 amide bonds. The Bertz CT molecular complexity index is 175. The third kappa shape index (κ3) is 3.57. The molecule has 1 atom stereocenters. The monoisotopic (exact) mass is 258 g/mol. The van der Waals surface area contributed by atoms with Gasteiger partial charge in [0, 0.05) is 52.3 Å². The van der Waals surface area contributed by atoms with Crippen LogP contribution in [0.1, 0.15) is 13.3 Å². The Hall–Kier alpha value is 0.404. The smallest absolute Gasteiger partial charge is 0.0848 e. The summed E-state index contributed by atoms with van der Waals surface area (Å²) in [4.78, 5) is 15.3. The molecule has 0 aromatic carbocycles. The van der Waals surface area contributed by atoms with Crippen LogP contribution in [0.15, 0.2) is 0 Å². The zero-order valence-corrected chi connectivity index (χ0v) is 11.5. The first-order valence-corrected chi connectivity index (χ1v) is 4.40. The number of carbonyl (C=O) groups is 1. The molecule has 1 fully saturated rings. The predicted molar refractivity (Wildman–Crippen MR) is 48.6 cm³/mol. The summed E-state index contributed by atoms with van der Waals surface area (Å²) in [6, 6.07) is 0.415. The number of nitrogens with zero attached hydrogens (tertiary/aromatic N) is 2. The first-order valence-electron chi connectivity index (χ1n) is 4.40. The van der Waals surface area contributed by atoms with Gasteiger partial charge in [0.05, 0.1) is 5.91 Å². The van der Waals surface area contributed by atoms with Gasteiger partial charge in [-0.05, 0) is 20.0 Å². The Labute approximate surface area is 106 Å². The van der Waals surface area contributed by atoms with Gasteiger partial charge in [-0.25, -0.2) is 0 Å².